The van der Waals surface area contributed by atoms with Gasteiger partial charge >= 0.3 is 0 Å². The molecular weight excluding hydrogens is 266 g/mol. The highest BCUT2D eigenvalue weighted by molar-refractivity contribution is 7.09. The summed E-state index contributed by atoms with van der Waals surface area (Å²) in [6.45, 7) is 0.710. The van der Waals surface area contributed by atoms with Crippen LogP contribution in [0.25, 0.3) is 0 Å². The molecule has 1 aliphatic carbocycles. The fraction of sp³-hybridized carbons (Fsp3) is 0.294. The highest BCUT2D eigenvalue weighted by Gasteiger charge is 2.24. The molecular formula is C17H17NOS. The van der Waals surface area contributed by atoms with E-state index in [0.717, 1.165) is 12.1 Å². The molecule has 1 aromatic heterocycles. The van der Waals surface area contributed by atoms with Gasteiger partial charge in [-0.25, -0.2) is 0 Å². The van der Waals surface area contributed by atoms with E-state index < -0.39 is 0 Å². The summed E-state index contributed by atoms with van der Waals surface area (Å²) >= 11 is 1.72. The second kappa shape index (κ2) is 6.14. The van der Waals surface area contributed by atoms with Crippen molar-refractivity contribution in [2.45, 2.75) is 31.7 Å². The first kappa shape index (κ1) is 13.3. The molecule has 0 unspecified atom stereocenters. The normalized spacial score (nSPS) is 21.3. The fourth-order valence-electron chi connectivity index (χ4n) is 2.68. The van der Waals surface area contributed by atoms with Gasteiger partial charge in [0.05, 0.1) is 6.54 Å². The van der Waals surface area contributed by atoms with E-state index in [1.54, 1.807) is 11.3 Å². The molecule has 0 N–H and O–H groups in total. The maximum Gasteiger partial charge on any atom is 0.139 e. The van der Waals surface area contributed by atoms with Gasteiger partial charge in [0, 0.05) is 23.4 Å². The number of Topliss-reactive ketones (excluding diaryl/α,β-unsaturated/α-hetero) is 1. The minimum absolute atomic E-state index is 0.305. The largest absolute Gasteiger partial charge is 0.299 e. The van der Waals surface area contributed by atoms with Crippen LogP contribution in [0.15, 0.2) is 52.8 Å². The van der Waals surface area contributed by atoms with Crippen molar-refractivity contribution in [3.05, 3.63) is 58.3 Å². The van der Waals surface area contributed by atoms with Gasteiger partial charge in [-0.1, -0.05) is 36.4 Å². The molecule has 2 aromatic rings. The zero-order chi connectivity index (χ0) is 13.8. The average Bonchev–Trinajstić information content (AvgIpc) is 2.99. The van der Waals surface area contributed by atoms with E-state index in [-0.39, 0.29) is 0 Å². The smallest absolute Gasteiger partial charge is 0.139 e. The Labute approximate surface area is 123 Å². The Morgan fingerprint density at radius 3 is 2.70 bits per heavy atom. The lowest BCUT2D eigenvalue weighted by atomic mass is 9.82. The molecule has 0 amide bonds. The van der Waals surface area contributed by atoms with Crippen molar-refractivity contribution in [2.24, 2.45) is 4.99 Å². The number of nitrogens with zero attached hydrogens (tertiary/aromatic N) is 1. The van der Waals surface area contributed by atoms with Crippen LogP contribution in [-0.4, -0.2) is 11.5 Å². The van der Waals surface area contributed by atoms with Crippen LogP contribution in [-0.2, 0) is 11.3 Å². The van der Waals surface area contributed by atoms with Gasteiger partial charge < -0.3 is 0 Å². The highest BCUT2D eigenvalue weighted by atomic mass is 32.1. The molecule has 1 heterocycles. The minimum atomic E-state index is 0.305. The first-order chi connectivity index (χ1) is 9.81. The summed E-state index contributed by atoms with van der Waals surface area (Å²) in [7, 11) is 0. The molecule has 1 fully saturated rings. The van der Waals surface area contributed by atoms with Gasteiger partial charge in [-0.15, -0.1) is 11.3 Å². The third-order valence-electron chi connectivity index (χ3n) is 3.67. The van der Waals surface area contributed by atoms with Gasteiger partial charge in [-0.3, -0.25) is 9.79 Å². The van der Waals surface area contributed by atoms with Gasteiger partial charge in [-0.2, -0.15) is 0 Å². The lowest BCUT2D eigenvalue weighted by Crippen LogP contribution is -2.21. The number of carbonyl (C=O) groups is 1. The Kier molecular flexibility index (Phi) is 4.07. The fourth-order valence-corrected chi connectivity index (χ4v) is 3.31. The maximum atomic E-state index is 11.9. The summed E-state index contributed by atoms with van der Waals surface area (Å²) in [4.78, 5) is 17.9. The average molecular weight is 283 g/mol. The van der Waals surface area contributed by atoms with Crippen molar-refractivity contribution < 1.29 is 4.79 Å². The van der Waals surface area contributed by atoms with Crippen LogP contribution in [0, 0.1) is 0 Å². The van der Waals surface area contributed by atoms with Crippen LogP contribution in [0.4, 0.5) is 0 Å². The summed E-state index contributed by atoms with van der Waals surface area (Å²) < 4.78 is 0. The molecule has 2 nitrogen and oxygen atoms in total. The number of ketones is 1. The third kappa shape index (κ3) is 3.23. The van der Waals surface area contributed by atoms with Crippen LogP contribution < -0.4 is 0 Å². The zero-order valence-corrected chi connectivity index (χ0v) is 12.1. The maximum absolute atomic E-state index is 11.9. The number of rotatable bonds is 3. The Hall–Kier alpha value is -1.74. The number of thiophene rings is 1. The molecule has 20 heavy (non-hydrogen) atoms. The van der Waals surface area contributed by atoms with Crippen molar-refractivity contribution >= 4 is 22.8 Å². The number of carbonyl (C=O) groups excluding carboxylic acids is 1. The van der Waals surface area contributed by atoms with Crippen LogP contribution in [0.2, 0.25) is 0 Å². The summed E-state index contributed by atoms with van der Waals surface area (Å²) in [6, 6.07) is 14.4. The van der Waals surface area contributed by atoms with Crippen LogP contribution >= 0.6 is 11.3 Å². The van der Waals surface area contributed by atoms with Crippen molar-refractivity contribution in [2.75, 3.05) is 0 Å². The molecule has 3 rings (SSSR count). The van der Waals surface area contributed by atoms with Crippen LogP contribution in [0.1, 0.15) is 35.6 Å². The molecule has 0 bridgehead atoms. The molecule has 0 radical (unpaired) electrons. The van der Waals surface area contributed by atoms with E-state index in [2.05, 4.69) is 28.6 Å². The zero-order valence-electron chi connectivity index (χ0n) is 11.3. The number of hydrogen-bond donors (Lipinski definition) is 0. The minimum Gasteiger partial charge on any atom is -0.299 e. The van der Waals surface area contributed by atoms with Crippen molar-refractivity contribution in [1.29, 1.82) is 0 Å². The molecule has 1 aliphatic rings. The predicted molar refractivity (Wildman–Crippen MR) is 83.5 cm³/mol. The van der Waals surface area contributed by atoms with E-state index in [0.29, 0.717) is 31.1 Å². The molecule has 1 aromatic carbocycles. The van der Waals surface area contributed by atoms with Gasteiger partial charge in [0.2, 0.25) is 0 Å². The second-order valence-corrected chi connectivity index (χ2v) is 6.23. The summed E-state index contributed by atoms with van der Waals surface area (Å²) in [5, 5.41) is 2.06. The van der Waals surface area contributed by atoms with Gasteiger partial charge in [0.1, 0.15) is 5.78 Å². The summed E-state index contributed by atoms with van der Waals surface area (Å²) in [5.41, 5.74) is 2.31. The molecule has 102 valence electrons. The first-order valence-corrected chi connectivity index (χ1v) is 7.80. The molecule has 1 atom stereocenters. The van der Waals surface area contributed by atoms with E-state index in [4.69, 9.17) is 0 Å². The highest BCUT2D eigenvalue weighted by Crippen LogP contribution is 2.29. The van der Waals surface area contributed by atoms with Crippen molar-refractivity contribution in [3.8, 4) is 0 Å². The summed E-state index contributed by atoms with van der Waals surface area (Å²) in [6.07, 6.45) is 2.11. The molecule has 0 spiro atoms. The van der Waals surface area contributed by atoms with E-state index in [1.165, 1.54) is 10.4 Å². The lowest BCUT2D eigenvalue weighted by Gasteiger charge is -2.23. The van der Waals surface area contributed by atoms with E-state index in [1.807, 2.05) is 24.3 Å². The number of benzene rings is 1. The van der Waals surface area contributed by atoms with Crippen molar-refractivity contribution in [3.63, 3.8) is 0 Å². The van der Waals surface area contributed by atoms with Crippen LogP contribution in [0.3, 0.4) is 0 Å². The Morgan fingerprint density at radius 2 is 1.95 bits per heavy atom. The summed E-state index contributed by atoms with van der Waals surface area (Å²) in [5.74, 6) is 0.620. The van der Waals surface area contributed by atoms with Crippen LogP contribution in [0.5, 0.6) is 0 Å². The Balaban J connectivity index is 1.73. The van der Waals surface area contributed by atoms with Crippen molar-refractivity contribution in [1.82, 2.24) is 0 Å². The predicted octanol–water partition coefficient (Wildman–Crippen LogP) is 4.23. The molecule has 0 saturated heterocycles. The van der Waals surface area contributed by atoms with E-state index >= 15 is 0 Å². The number of hydrogen-bond acceptors (Lipinski definition) is 3. The topological polar surface area (TPSA) is 29.4 Å². The van der Waals surface area contributed by atoms with Gasteiger partial charge in [0.25, 0.3) is 0 Å². The molecule has 1 saturated carbocycles. The second-order valence-electron chi connectivity index (χ2n) is 5.19. The molecule has 3 heteroatoms. The van der Waals surface area contributed by atoms with Gasteiger partial charge in [0.15, 0.2) is 0 Å². The SMILES string of the molecule is O=C1CC(=NCc2cccs2)C[C@H](c2ccccc2)C1. The Morgan fingerprint density at radius 1 is 1.10 bits per heavy atom. The molecule has 0 aliphatic heterocycles. The van der Waals surface area contributed by atoms with E-state index in [9.17, 15) is 4.79 Å². The Bertz CT molecular complexity index is 601. The third-order valence-corrected chi connectivity index (χ3v) is 4.53. The van der Waals surface area contributed by atoms with Gasteiger partial charge in [-0.05, 0) is 29.3 Å². The number of aliphatic imine (C=N–C) groups is 1. The monoisotopic (exact) mass is 283 g/mol. The standard InChI is InChI=1S/C17H17NOS/c19-16-10-14(13-5-2-1-3-6-13)9-15(11-16)18-12-17-7-4-8-20-17/h1-8,14H,9-12H2/t14-/m0/s1. The first-order valence-electron chi connectivity index (χ1n) is 6.92. The lowest BCUT2D eigenvalue weighted by molar-refractivity contribution is -0.118. The quantitative estimate of drug-likeness (QED) is 0.829.